The van der Waals surface area contributed by atoms with Crippen molar-refractivity contribution in [3.8, 4) is 0 Å². The average Bonchev–Trinajstić information content (AvgIpc) is 1.97. The van der Waals surface area contributed by atoms with E-state index in [1.54, 1.807) is 4.98 Å². The molecule has 1 heterocycles. The van der Waals surface area contributed by atoms with Crippen LogP contribution in [0.4, 0.5) is 0 Å². The standard InChI is InChI=1S/C3HCl2N3O3.K/c4-7-1(9)6-2(10)8(5)3(7)11;/h(H,6,9,10);/q;+1. The van der Waals surface area contributed by atoms with Crippen LogP contribution in [-0.2, 0) is 0 Å². The van der Waals surface area contributed by atoms with Gasteiger partial charge in [-0.25, -0.2) is 14.4 Å². The van der Waals surface area contributed by atoms with Crippen LogP contribution in [0.2, 0.25) is 0 Å². The monoisotopic (exact) mass is 236 g/mol. The van der Waals surface area contributed by atoms with E-state index in [2.05, 4.69) is 0 Å². The molecule has 1 aromatic heterocycles. The zero-order valence-electron chi connectivity index (χ0n) is 5.88. The first-order valence-electron chi connectivity index (χ1n) is 2.34. The van der Waals surface area contributed by atoms with E-state index in [1.807, 2.05) is 0 Å². The minimum Gasteiger partial charge on any atom is -0.257 e. The van der Waals surface area contributed by atoms with Crippen LogP contribution in [0.3, 0.4) is 0 Å². The third-order valence-electron chi connectivity index (χ3n) is 0.906. The van der Waals surface area contributed by atoms with E-state index in [1.165, 1.54) is 0 Å². The Labute approximate surface area is 118 Å². The minimum absolute atomic E-state index is 0. The van der Waals surface area contributed by atoms with E-state index in [0.29, 0.717) is 0 Å². The first-order valence-corrected chi connectivity index (χ1v) is 3.02. The third kappa shape index (κ3) is 2.31. The van der Waals surface area contributed by atoms with Crippen LogP contribution in [0.1, 0.15) is 0 Å². The summed E-state index contributed by atoms with van der Waals surface area (Å²) in [5.74, 6) is 0. The number of aromatic amines is 1. The number of hydrogen-bond acceptors (Lipinski definition) is 3. The van der Waals surface area contributed by atoms with E-state index in [4.69, 9.17) is 23.6 Å². The van der Waals surface area contributed by atoms with Gasteiger partial charge in [0.1, 0.15) is 0 Å². The van der Waals surface area contributed by atoms with E-state index in [9.17, 15) is 14.4 Å². The van der Waals surface area contributed by atoms with Crippen LogP contribution in [0.15, 0.2) is 14.4 Å². The Hall–Kier alpha value is 0.626. The summed E-state index contributed by atoms with van der Waals surface area (Å²) in [6.07, 6.45) is 0. The van der Waals surface area contributed by atoms with Crippen LogP contribution >= 0.6 is 23.6 Å². The molecule has 0 radical (unpaired) electrons. The molecule has 0 aliphatic rings. The normalized spacial score (nSPS) is 9.17. The Balaban J connectivity index is 0.00000121. The van der Waals surface area contributed by atoms with E-state index in [-0.39, 0.29) is 59.6 Å². The van der Waals surface area contributed by atoms with Crippen molar-refractivity contribution >= 4 is 23.6 Å². The molecule has 1 aromatic rings. The van der Waals surface area contributed by atoms with Gasteiger partial charge in [0.15, 0.2) is 0 Å². The molecule has 0 fully saturated rings. The molecule has 0 unspecified atom stereocenters. The van der Waals surface area contributed by atoms with Gasteiger partial charge in [0.25, 0.3) is 0 Å². The van der Waals surface area contributed by atoms with Gasteiger partial charge in [-0.05, 0) is 0 Å². The van der Waals surface area contributed by atoms with Crippen LogP contribution < -0.4 is 68.5 Å². The van der Waals surface area contributed by atoms with Crippen LogP contribution in [-0.4, -0.2) is 13.2 Å². The fraction of sp³-hybridized carbons (Fsp3) is 0. The Morgan fingerprint density at radius 2 is 1.33 bits per heavy atom. The van der Waals surface area contributed by atoms with Gasteiger partial charge >= 0.3 is 68.5 Å². The molecule has 6 nitrogen and oxygen atoms in total. The number of aromatic nitrogens is 3. The molecule has 0 bridgehead atoms. The molecule has 0 spiro atoms. The van der Waals surface area contributed by atoms with Gasteiger partial charge in [-0.3, -0.25) is 4.98 Å². The summed E-state index contributed by atoms with van der Waals surface area (Å²) in [6.45, 7) is 0. The molecule has 0 atom stereocenters. The average molecular weight is 237 g/mol. The van der Waals surface area contributed by atoms with Crippen molar-refractivity contribution in [2.75, 3.05) is 0 Å². The van der Waals surface area contributed by atoms with Gasteiger partial charge in [-0.2, -0.15) is 0 Å². The minimum atomic E-state index is -1.10. The van der Waals surface area contributed by atoms with E-state index in [0.717, 1.165) is 0 Å². The van der Waals surface area contributed by atoms with E-state index >= 15 is 0 Å². The number of hydrogen-bond donors (Lipinski definition) is 1. The molecule has 0 saturated carbocycles. The Morgan fingerprint density at radius 1 is 1.00 bits per heavy atom. The second-order valence-electron chi connectivity index (χ2n) is 1.58. The van der Waals surface area contributed by atoms with Crippen LogP contribution in [0, 0.1) is 0 Å². The molecule has 0 aliphatic heterocycles. The zero-order chi connectivity index (χ0) is 8.59. The fourth-order valence-electron chi connectivity index (χ4n) is 0.440. The summed E-state index contributed by atoms with van der Waals surface area (Å²) in [4.78, 5) is 33.4. The van der Waals surface area contributed by atoms with Gasteiger partial charge < -0.3 is 0 Å². The summed E-state index contributed by atoms with van der Waals surface area (Å²) >= 11 is 10.1. The Morgan fingerprint density at radius 3 is 1.67 bits per heavy atom. The molecular formula is C3HCl2KN3O3+. The zero-order valence-corrected chi connectivity index (χ0v) is 10.5. The summed E-state index contributed by atoms with van der Waals surface area (Å²) < 4.78 is 0.322. The predicted octanol–water partition coefficient (Wildman–Crippen LogP) is -4.29. The van der Waals surface area contributed by atoms with Gasteiger partial charge in [-0.15, -0.1) is 8.17 Å². The summed E-state index contributed by atoms with van der Waals surface area (Å²) in [5.41, 5.74) is -3.13. The molecule has 9 heteroatoms. The van der Waals surface area contributed by atoms with Crippen molar-refractivity contribution < 1.29 is 51.4 Å². The molecule has 0 aliphatic carbocycles. The van der Waals surface area contributed by atoms with Crippen molar-refractivity contribution in [3.63, 3.8) is 0 Å². The van der Waals surface area contributed by atoms with E-state index < -0.39 is 17.1 Å². The van der Waals surface area contributed by atoms with Crippen molar-refractivity contribution in [2.24, 2.45) is 0 Å². The van der Waals surface area contributed by atoms with Crippen molar-refractivity contribution in [1.29, 1.82) is 0 Å². The summed E-state index contributed by atoms with van der Waals surface area (Å²) in [7, 11) is 0. The van der Waals surface area contributed by atoms with Gasteiger partial charge in [-0.1, -0.05) is 0 Å². The maximum absolute atomic E-state index is 10.7. The molecule has 1 rings (SSSR count). The topological polar surface area (TPSA) is 76.9 Å². The molecular weight excluding hydrogens is 236 g/mol. The number of nitrogens with zero attached hydrogens (tertiary/aromatic N) is 2. The molecule has 60 valence electrons. The Bertz CT molecular complexity index is 408. The number of H-pyrrole nitrogens is 1. The van der Waals surface area contributed by atoms with Crippen molar-refractivity contribution in [3.05, 3.63) is 31.5 Å². The first kappa shape index (κ1) is 12.6. The molecule has 0 amide bonds. The second-order valence-corrected chi connectivity index (χ2v) is 2.26. The van der Waals surface area contributed by atoms with Crippen molar-refractivity contribution in [1.82, 2.24) is 13.2 Å². The van der Waals surface area contributed by atoms with Gasteiger partial charge in [0.05, 0.1) is 0 Å². The predicted molar refractivity (Wildman–Crippen MR) is 38.1 cm³/mol. The summed E-state index contributed by atoms with van der Waals surface area (Å²) in [5, 5.41) is 0. The molecule has 0 saturated heterocycles. The molecule has 1 N–H and O–H groups in total. The SMILES string of the molecule is O=c1[nH]c(=O)n(Cl)c(=O)n1Cl.[K+]. The van der Waals surface area contributed by atoms with Gasteiger partial charge in [0, 0.05) is 23.6 Å². The summed E-state index contributed by atoms with van der Waals surface area (Å²) in [6, 6.07) is 0. The molecule has 12 heavy (non-hydrogen) atoms. The fourth-order valence-corrected chi connectivity index (χ4v) is 0.715. The quantitative estimate of drug-likeness (QED) is 0.464. The Kier molecular flexibility index (Phi) is 5.00. The number of rotatable bonds is 0. The second kappa shape index (κ2) is 4.75. The first-order chi connectivity index (χ1) is 5.04. The largest absolute Gasteiger partial charge is 1.00 e. The molecule has 0 aromatic carbocycles. The number of halogens is 2. The smallest absolute Gasteiger partial charge is 0.257 e. The third-order valence-corrected chi connectivity index (χ3v) is 1.50. The van der Waals surface area contributed by atoms with Crippen LogP contribution in [0.25, 0.3) is 0 Å². The van der Waals surface area contributed by atoms with Crippen LogP contribution in [0.5, 0.6) is 0 Å². The maximum Gasteiger partial charge on any atom is 1.00 e. The van der Waals surface area contributed by atoms with Crippen molar-refractivity contribution in [2.45, 2.75) is 0 Å². The maximum atomic E-state index is 10.7. The number of nitrogens with one attached hydrogen (secondary N) is 1. The van der Waals surface area contributed by atoms with Gasteiger partial charge in [0.2, 0.25) is 0 Å².